The molecule has 0 atom stereocenters. The molecule has 0 saturated heterocycles. The van der Waals surface area contributed by atoms with Gasteiger partial charge in [-0.25, -0.2) is 9.18 Å². The Labute approximate surface area is 153 Å². The van der Waals surface area contributed by atoms with E-state index in [4.69, 9.17) is 4.74 Å². The zero-order chi connectivity index (χ0) is 17.2. The Morgan fingerprint density at radius 1 is 1.04 bits per heavy atom. The van der Waals surface area contributed by atoms with Gasteiger partial charge in [-0.2, -0.15) is 0 Å². The molecule has 5 rings (SSSR count). The molecule has 25 heavy (non-hydrogen) atoms. The van der Waals surface area contributed by atoms with Crippen LogP contribution in [-0.2, 0) is 10.3 Å². The van der Waals surface area contributed by atoms with Crippen molar-refractivity contribution in [3.8, 4) is 11.1 Å². The number of hydrogen-bond acceptors (Lipinski definition) is 2. The molecular formula is C20H17BrFNO2. The fourth-order valence-corrected chi connectivity index (χ4v) is 4.65. The van der Waals surface area contributed by atoms with E-state index in [-0.39, 0.29) is 11.9 Å². The van der Waals surface area contributed by atoms with E-state index in [1.54, 1.807) is 0 Å². The number of rotatable bonds is 3. The average Bonchev–Trinajstić information content (AvgIpc) is 3.46. The standard InChI is InChI=1S/C20H17BrFNO2/c21-15-7-12(8-16(22)10-15)11-1-6-18-17(9-11)20(13-2-3-13,14-4-5-14)25-19(24)23-18/h1,6-10,13-14H,2-5H2,(H,23,24). The third kappa shape index (κ3) is 2.48. The van der Waals surface area contributed by atoms with Crippen molar-refractivity contribution >= 4 is 27.7 Å². The van der Waals surface area contributed by atoms with Gasteiger partial charge in [0.05, 0.1) is 5.69 Å². The van der Waals surface area contributed by atoms with Crippen molar-refractivity contribution in [2.24, 2.45) is 11.8 Å². The van der Waals surface area contributed by atoms with Crippen molar-refractivity contribution in [3.05, 3.63) is 52.3 Å². The lowest BCUT2D eigenvalue weighted by molar-refractivity contribution is -0.0265. The lowest BCUT2D eigenvalue weighted by Crippen LogP contribution is -2.43. The number of carbonyl (C=O) groups excluding carboxylic acids is 1. The third-order valence-electron chi connectivity index (χ3n) is 5.50. The number of hydrogen-bond donors (Lipinski definition) is 1. The molecule has 1 aliphatic heterocycles. The van der Waals surface area contributed by atoms with Gasteiger partial charge < -0.3 is 4.74 Å². The molecule has 2 aromatic rings. The van der Waals surface area contributed by atoms with Crippen LogP contribution in [0.4, 0.5) is 14.9 Å². The minimum absolute atomic E-state index is 0.276. The van der Waals surface area contributed by atoms with Gasteiger partial charge >= 0.3 is 6.09 Å². The SMILES string of the molecule is O=C1Nc2ccc(-c3cc(F)cc(Br)c3)cc2C(C2CC2)(C2CC2)O1. The number of cyclic esters (lactones) is 1. The maximum absolute atomic E-state index is 13.8. The minimum atomic E-state index is -0.502. The van der Waals surface area contributed by atoms with Crippen molar-refractivity contribution < 1.29 is 13.9 Å². The number of anilines is 1. The van der Waals surface area contributed by atoms with Gasteiger partial charge in [-0.05, 0) is 67.1 Å². The second-order valence-corrected chi connectivity index (χ2v) is 8.19. The highest BCUT2D eigenvalue weighted by Crippen LogP contribution is 2.62. The summed E-state index contributed by atoms with van der Waals surface area (Å²) in [5.74, 6) is 0.529. The first-order valence-corrected chi connectivity index (χ1v) is 9.46. The van der Waals surface area contributed by atoms with Crippen LogP contribution in [0.5, 0.6) is 0 Å². The first-order valence-electron chi connectivity index (χ1n) is 8.67. The molecule has 0 radical (unpaired) electrons. The van der Waals surface area contributed by atoms with Gasteiger partial charge in [0, 0.05) is 21.9 Å². The smallest absolute Gasteiger partial charge is 0.412 e. The third-order valence-corrected chi connectivity index (χ3v) is 5.96. The second kappa shape index (κ2) is 5.31. The second-order valence-electron chi connectivity index (χ2n) is 7.27. The van der Waals surface area contributed by atoms with Crippen LogP contribution < -0.4 is 5.32 Å². The topological polar surface area (TPSA) is 38.3 Å². The number of fused-ring (bicyclic) bond motifs is 1. The van der Waals surface area contributed by atoms with Crippen LogP contribution in [0.3, 0.4) is 0 Å². The van der Waals surface area contributed by atoms with Crippen molar-refractivity contribution in [1.82, 2.24) is 0 Å². The van der Waals surface area contributed by atoms with E-state index in [1.165, 1.54) is 12.1 Å². The highest BCUT2D eigenvalue weighted by Gasteiger charge is 2.60. The van der Waals surface area contributed by atoms with Crippen LogP contribution in [0, 0.1) is 17.7 Å². The van der Waals surface area contributed by atoms with Crippen molar-refractivity contribution in [2.45, 2.75) is 31.3 Å². The maximum atomic E-state index is 13.8. The number of benzene rings is 2. The summed E-state index contributed by atoms with van der Waals surface area (Å²) in [4.78, 5) is 12.2. The molecule has 1 heterocycles. The van der Waals surface area contributed by atoms with Crippen molar-refractivity contribution in [2.75, 3.05) is 5.32 Å². The largest absolute Gasteiger partial charge is 0.437 e. The van der Waals surface area contributed by atoms with Crippen molar-refractivity contribution in [1.29, 1.82) is 0 Å². The lowest BCUT2D eigenvalue weighted by atomic mass is 9.80. The Balaban J connectivity index is 1.68. The molecular weight excluding hydrogens is 385 g/mol. The minimum Gasteiger partial charge on any atom is -0.437 e. The zero-order valence-electron chi connectivity index (χ0n) is 13.5. The maximum Gasteiger partial charge on any atom is 0.412 e. The quantitative estimate of drug-likeness (QED) is 0.701. The van der Waals surface area contributed by atoms with Gasteiger partial charge in [-0.1, -0.05) is 22.0 Å². The van der Waals surface area contributed by atoms with Crippen LogP contribution in [0.1, 0.15) is 31.2 Å². The summed E-state index contributed by atoms with van der Waals surface area (Å²) in [6.45, 7) is 0. The average molecular weight is 402 g/mol. The Morgan fingerprint density at radius 2 is 1.76 bits per heavy atom. The molecule has 3 aliphatic rings. The van der Waals surface area contributed by atoms with E-state index in [0.29, 0.717) is 16.3 Å². The molecule has 128 valence electrons. The highest BCUT2D eigenvalue weighted by atomic mass is 79.9. The monoisotopic (exact) mass is 401 g/mol. The normalized spacial score (nSPS) is 21.3. The van der Waals surface area contributed by atoms with E-state index in [9.17, 15) is 9.18 Å². The van der Waals surface area contributed by atoms with E-state index in [1.807, 2.05) is 18.2 Å². The number of carbonyl (C=O) groups is 1. The lowest BCUT2D eigenvalue weighted by Gasteiger charge is -2.39. The number of amides is 1. The van der Waals surface area contributed by atoms with Gasteiger partial charge in [-0.15, -0.1) is 0 Å². The number of halogens is 2. The summed E-state index contributed by atoms with van der Waals surface area (Å²) >= 11 is 3.36. The van der Waals surface area contributed by atoms with Gasteiger partial charge in [-0.3, -0.25) is 5.32 Å². The highest BCUT2D eigenvalue weighted by molar-refractivity contribution is 9.10. The van der Waals surface area contributed by atoms with E-state index >= 15 is 0 Å². The van der Waals surface area contributed by atoms with Gasteiger partial charge in [0.1, 0.15) is 11.4 Å². The number of ether oxygens (including phenoxy) is 1. The summed E-state index contributed by atoms with van der Waals surface area (Å²) in [5.41, 5.74) is 3.12. The molecule has 5 heteroatoms. The molecule has 0 spiro atoms. The molecule has 2 saturated carbocycles. The fourth-order valence-electron chi connectivity index (χ4n) is 4.18. The molecule has 1 amide bonds. The zero-order valence-corrected chi connectivity index (χ0v) is 15.1. The van der Waals surface area contributed by atoms with Crippen LogP contribution >= 0.6 is 15.9 Å². The van der Waals surface area contributed by atoms with Gasteiger partial charge in [0.15, 0.2) is 0 Å². The molecule has 2 aromatic carbocycles. The van der Waals surface area contributed by atoms with E-state index in [2.05, 4.69) is 27.3 Å². The van der Waals surface area contributed by atoms with Gasteiger partial charge in [0.25, 0.3) is 0 Å². The molecule has 0 aromatic heterocycles. The predicted molar refractivity (Wildman–Crippen MR) is 96.8 cm³/mol. The molecule has 1 N–H and O–H groups in total. The Bertz CT molecular complexity index is 857. The summed E-state index contributed by atoms with van der Waals surface area (Å²) in [6.07, 6.45) is 4.03. The summed E-state index contributed by atoms with van der Waals surface area (Å²) in [6, 6.07) is 10.8. The molecule has 2 fully saturated rings. The van der Waals surface area contributed by atoms with Crippen LogP contribution in [0.25, 0.3) is 11.1 Å². The molecule has 2 aliphatic carbocycles. The van der Waals surface area contributed by atoms with E-state index in [0.717, 1.165) is 48.1 Å². The fraction of sp³-hybridized carbons (Fsp3) is 0.350. The molecule has 0 bridgehead atoms. The Hall–Kier alpha value is -1.88. The predicted octanol–water partition coefficient (Wildman–Crippen LogP) is 5.83. The molecule has 0 unspecified atom stereocenters. The Morgan fingerprint density at radius 3 is 2.40 bits per heavy atom. The first-order chi connectivity index (χ1) is 12.1. The molecule has 3 nitrogen and oxygen atoms in total. The summed E-state index contributed by atoms with van der Waals surface area (Å²) in [5, 5.41) is 2.84. The van der Waals surface area contributed by atoms with Crippen LogP contribution in [0.2, 0.25) is 0 Å². The van der Waals surface area contributed by atoms with Gasteiger partial charge in [0.2, 0.25) is 0 Å². The van der Waals surface area contributed by atoms with E-state index < -0.39 is 5.60 Å². The summed E-state index contributed by atoms with van der Waals surface area (Å²) in [7, 11) is 0. The summed E-state index contributed by atoms with van der Waals surface area (Å²) < 4.78 is 20.5. The number of nitrogens with one attached hydrogen (secondary N) is 1. The van der Waals surface area contributed by atoms with Crippen molar-refractivity contribution in [3.63, 3.8) is 0 Å². The Kier molecular flexibility index (Phi) is 3.26. The van der Waals surface area contributed by atoms with Crippen LogP contribution in [0.15, 0.2) is 40.9 Å². The first kappa shape index (κ1) is 15.4. The van der Waals surface area contributed by atoms with Crippen LogP contribution in [-0.4, -0.2) is 6.09 Å².